The minimum absolute atomic E-state index is 0.211. The molecule has 2 amide bonds. The highest BCUT2D eigenvalue weighted by molar-refractivity contribution is 6.02. The number of carbonyl (C=O) groups excluding carboxylic acids is 2. The Labute approximate surface area is 123 Å². The molecule has 0 heterocycles. The molecule has 0 bridgehead atoms. The Kier molecular flexibility index (Phi) is 5.29. The van der Waals surface area contributed by atoms with Gasteiger partial charge >= 0.3 is 0 Å². The van der Waals surface area contributed by atoms with Crippen LogP contribution in [-0.2, 0) is 16.1 Å². The molecule has 0 fully saturated rings. The molecule has 0 radical (unpaired) electrons. The third-order valence-corrected chi connectivity index (χ3v) is 2.88. The van der Waals surface area contributed by atoms with Gasteiger partial charge in [-0.05, 0) is 23.3 Å². The van der Waals surface area contributed by atoms with Crippen molar-refractivity contribution in [2.45, 2.75) is 6.54 Å². The smallest absolute Gasteiger partial charge is 0.248 e. The maximum absolute atomic E-state index is 11.9. The molecule has 106 valence electrons. The van der Waals surface area contributed by atoms with Crippen LogP contribution < -0.4 is 10.6 Å². The fourth-order valence-corrected chi connectivity index (χ4v) is 1.86. The van der Waals surface area contributed by atoms with E-state index in [0.29, 0.717) is 18.6 Å². The molecule has 4 heteroatoms. The topological polar surface area (TPSA) is 58.2 Å². The maximum Gasteiger partial charge on any atom is 0.248 e. The second-order valence-electron chi connectivity index (χ2n) is 4.39. The third-order valence-electron chi connectivity index (χ3n) is 2.88. The molecule has 2 rings (SSSR count). The van der Waals surface area contributed by atoms with Gasteiger partial charge in [-0.3, -0.25) is 9.59 Å². The summed E-state index contributed by atoms with van der Waals surface area (Å²) in [5, 5.41) is 5.39. The summed E-state index contributed by atoms with van der Waals surface area (Å²) in [4.78, 5) is 22.3. The van der Waals surface area contributed by atoms with E-state index in [1.807, 2.05) is 48.5 Å². The highest BCUT2D eigenvalue weighted by atomic mass is 16.1. The van der Waals surface area contributed by atoms with Crippen molar-refractivity contribution in [3.05, 3.63) is 71.8 Å². The first-order valence-corrected chi connectivity index (χ1v) is 6.58. The number of hydrogen-bond donors (Lipinski definition) is 2. The third kappa shape index (κ3) is 4.62. The van der Waals surface area contributed by atoms with Crippen LogP contribution in [0, 0.1) is 0 Å². The number of nitrogens with one attached hydrogen (secondary N) is 2. The number of benzene rings is 2. The van der Waals surface area contributed by atoms with Crippen LogP contribution in [0.5, 0.6) is 0 Å². The van der Waals surface area contributed by atoms with Gasteiger partial charge in [-0.1, -0.05) is 48.5 Å². The van der Waals surface area contributed by atoms with Crippen molar-refractivity contribution < 1.29 is 9.59 Å². The van der Waals surface area contributed by atoms with Gasteiger partial charge in [-0.25, -0.2) is 0 Å². The van der Waals surface area contributed by atoms with Crippen molar-refractivity contribution in [3.63, 3.8) is 0 Å². The molecule has 0 aromatic heterocycles. The Morgan fingerprint density at radius 1 is 1.00 bits per heavy atom. The summed E-state index contributed by atoms with van der Waals surface area (Å²) in [6.07, 6.45) is 3.87. The molecule has 21 heavy (non-hydrogen) atoms. The lowest BCUT2D eigenvalue weighted by Crippen LogP contribution is -2.14. The lowest BCUT2D eigenvalue weighted by molar-refractivity contribution is -0.112. The summed E-state index contributed by atoms with van der Waals surface area (Å²) in [6.45, 7) is 0.377. The molecule has 0 aliphatic rings. The van der Waals surface area contributed by atoms with Gasteiger partial charge in [-0.2, -0.15) is 0 Å². The lowest BCUT2D eigenvalue weighted by atomic mass is 10.1. The van der Waals surface area contributed by atoms with E-state index < -0.39 is 0 Å². The Bertz CT molecular complexity index is 636. The van der Waals surface area contributed by atoms with Gasteiger partial charge in [-0.15, -0.1) is 0 Å². The predicted octanol–water partition coefficient (Wildman–Crippen LogP) is 2.58. The molecule has 2 aromatic carbocycles. The summed E-state index contributed by atoms with van der Waals surface area (Å²) < 4.78 is 0. The summed E-state index contributed by atoms with van der Waals surface area (Å²) in [5.74, 6) is -0.211. The molecule has 0 spiro atoms. The van der Waals surface area contributed by atoms with Crippen LogP contribution >= 0.6 is 0 Å². The van der Waals surface area contributed by atoms with Gasteiger partial charge in [0.1, 0.15) is 0 Å². The van der Waals surface area contributed by atoms with Crippen molar-refractivity contribution >= 4 is 24.1 Å². The van der Waals surface area contributed by atoms with E-state index in [-0.39, 0.29) is 5.91 Å². The fraction of sp³-hybridized carbons (Fsp3) is 0.0588. The molecular formula is C17H16N2O2. The van der Waals surface area contributed by atoms with Crippen LogP contribution in [0.1, 0.15) is 11.1 Å². The highest BCUT2D eigenvalue weighted by Gasteiger charge is 2.03. The first-order chi connectivity index (χ1) is 10.3. The summed E-state index contributed by atoms with van der Waals surface area (Å²) in [5.41, 5.74) is 2.50. The highest BCUT2D eigenvalue weighted by Crippen LogP contribution is 2.14. The van der Waals surface area contributed by atoms with E-state index in [9.17, 15) is 9.59 Å². The second-order valence-corrected chi connectivity index (χ2v) is 4.39. The minimum atomic E-state index is -0.211. The molecule has 0 aliphatic carbocycles. The van der Waals surface area contributed by atoms with Gasteiger partial charge in [0.15, 0.2) is 0 Å². The van der Waals surface area contributed by atoms with E-state index >= 15 is 0 Å². The molecule has 0 atom stereocenters. The average molecular weight is 280 g/mol. The summed E-state index contributed by atoms with van der Waals surface area (Å²) in [7, 11) is 0. The normalized spacial score (nSPS) is 10.3. The van der Waals surface area contributed by atoms with Gasteiger partial charge in [0.2, 0.25) is 12.3 Å². The molecule has 2 N–H and O–H groups in total. The quantitative estimate of drug-likeness (QED) is 0.631. The lowest BCUT2D eigenvalue weighted by Gasteiger charge is -2.09. The van der Waals surface area contributed by atoms with Crippen molar-refractivity contribution in [1.82, 2.24) is 5.32 Å². The van der Waals surface area contributed by atoms with E-state index in [2.05, 4.69) is 10.6 Å². The van der Waals surface area contributed by atoms with Gasteiger partial charge in [0, 0.05) is 18.3 Å². The molecule has 0 saturated carbocycles. The number of anilines is 1. The number of para-hydroxylation sites is 1. The fourth-order valence-electron chi connectivity index (χ4n) is 1.86. The Hall–Kier alpha value is -2.88. The largest absolute Gasteiger partial charge is 0.355 e. The van der Waals surface area contributed by atoms with Gasteiger partial charge in [0.25, 0.3) is 0 Å². The van der Waals surface area contributed by atoms with Crippen LogP contribution in [-0.4, -0.2) is 12.3 Å². The zero-order valence-corrected chi connectivity index (χ0v) is 11.5. The van der Waals surface area contributed by atoms with E-state index in [0.717, 1.165) is 11.1 Å². The molecule has 0 aliphatic heterocycles. The van der Waals surface area contributed by atoms with Gasteiger partial charge in [0.05, 0.1) is 0 Å². The first-order valence-electron chi connectivity index (χ1n) is 6.58. The second kappa shape index (κ2) is 7.65. The van der Waals surface area contributed by atoms with Crippen LogP contribution in [0.15, 0.2) is 60.7 Å². The van der Waals surface area contributed by atoms with Crippen molar-refractivity contribution in [3.8, 4) is 0 Å². The van der Waals surface area contributed by atoms with Crippen LogP contribution in [0.25, 0.3) is 6.08 Å². The monoisotopic (exact) mass is 280 g/mol. The van der Waals surface area contributed by atoms with E-state index in [4.69, 9.17) is 0 Å². The zero-order chi connectivity index (χ0) is 14.9. The molecule has 2 aromatic rings. The summed E-state index contributed by atoms with van der Waals surface area (Å²) >= 11 is 0. The van der Waals surface area contributed by atoms with Crippen LogP contribution in [0.3, 0.4) is 0 Å². The minimum Gasteiger partial charge on any atom is -0.355 e. The van der Waals surface area contributed by atoms with Crippen LogP contribution in [0.4, 0.5) is 5.69 Å². The Morgan fingerprint density at radius 2 is 1.71 bits per heavy atom. The molecule has 0 unspecified atom stereocenters. The number of rotatable bonds is 6. The van der Waals surface area contributed by atoms with Crippen molar-refractivity contribution in [1.29, 1.82) is 0 Å². The zero-order valence-electron chi connectivity index (χ0n) is 11.5. The van der Waals surface area contributed by atoms with E-state index in [1.165, 1.54) is 6.08 Å². The molecule has 4 nitrogen and oxygen atoms in total. The van der Waals surface area contributed by atoms with Crippen molar-refractivity contribution in [2.75, 3.05) is 5.32 Å². The van der Waals surface area contributed by atoms with E-state index in [1.54, 1.807) is 12.1 Å². The standard InChI is InChI=1S/C17H16N2O2/c20-13-18-12-15-8-4-5-9-16(15)19-17(21)11-10-14-6-2-1-3-7-14/h1-11,13H,12H2,(H,18,20)(H,19,21)/b11-10+. The Balaban J connectivity index is 2.02. The maximum atomic E-state index is 11.9. The Morgan fingerprint density at radius 3 is 2.48 bits per heavy atom. The number of amides is 2. The SMILES string of the molecule is O=CNCc1ccccc1NC(=O)/C=C/c1ccccc1. The molecule has 0 saturated heterocycles. The first kappa shape index (κ1) is 14.5. The van der Waals surface area contributed by atoms with Crippen LogP contribution in [0.2, 0.25) is 0 Å². The summed E-state index contributed by atoms with van der Waals surface area (Å²) in [6, 6.07) is 16.9. The molecular weight excluding hydrogens is 264 g/mol. The number of hydrogen-bond acceptors (Lipinski definition) is 2. The average Bonchev–Trinajstić information content (AvgIpc) is 2.53. The number of carbonyl (C=O) groups is 2. The van der Waals surface area contributed by atoms with Gasteiger partial charge < -0.3 is 10.6 Å². The predicted molar refractivity (Wildman–Crippen MR) is 83.5 cm³/mol. The van der Waals surface area contributed by atoms with Crippen molar-refractivity contribution in [2.24, 2.45) is 0 Å².